The second-order valence-corrected chi connectivity index (χ2v) is 6.71. The van der Waals surface area contributed by atoms with Crippen LogP contribution < -0.4 is 14.8 Å². The minimum atomic E-state index is -0.230. The number of hydrogen-bond acceptors (Lipinski definition) is 6. The molecule has 7 heteroatoms. The van der Waals surface area contributed by atoms with Gasteiger partial charge in [0.05, 0.1) is 33.5 Å². The quantitative estimate of drug-likeness (QED) is 0.761. The topological polar surface area (TPSA) is 77.0 Å². The van der Waals surface area contributed by atoms with Gasteiger partial charge in [0.1, 0.15) is 4.88 Å². The maximum absolute atomic E-state index is 12.3. The predicted molar refractivity (Wildman–Crippen MR) is 86.0 cm³/mol. The van der Waals surface area contributed by atoms with E-state index in [1.54, 1.807) is 5.38 Å². The molecule has 0 aromatic carbocycles. The average Bonchev–Trinajstić information content (AvgIpc) is 2.88. The molecule has 1 aromatic heterocycles. The maximum atomic E-state index is 12.3. The van der Waals surface area contributed by atoms with Crippen molar-refractivity contribution >= 4 is 17.2 Å². The molecule has 0 saturated carbocycles. The Balaban J connectivity index is 2.73. The molecule has 0 aliphatic heterocycles. The van der Waals surface area contributed by atoms with Gasteiger partial charge in [0.15, 0.2) is 11.5 Å². The van der Waals surface area contributed by atoms with Crippen LogP contribution in [0.5, 0.6) is 11.5 Å². The molecule has 1 rings (SSSR count). The molecule has 22 heavy (non-hydrogen) atoms. The summed E-state index contributed by atoms with van der Waals surface area (Å²) in [6.07, 6.45) is -0.198. The lowest BCUT2D eigenvalue weighted by Gasteiger charge is -2.30. The molecule has 2 N–H and O–H groups in total. The first kappa shape index (κ1) is 18.7. The normalized spacial score (nSPS) is 12.8. The van der Waals surface area contributed by atoms with Crippen molar-refractivity contribution in [3.63, 3.8) is 0 Å². The molecule has 1 amide bonds. The van der Waals surface area contributed by atoms with Crippen LogP contribution in [-0.2, 0) is 4.74 Å². The average molecular weight is 331 g/mol. The molecule has 0 aliphatic carbocycles. The van der Waals surface area contributed by atoms with Crippen molar-refractivity contribution in [3.8, 4) is 11.5 Å². The van der Waals surface area contributed by atoms with Crippen LogP contribution in [0.2, 0.25) is 0 Å². The minimum absolute atomic E-state index is 0.0452. The summed E-state index contributed by atoms with van der Waals surface area (Å²) in [7, 11) is 3.04. The van der Waals surface area contributed by atoms with Gasteiger partial charge in [0.25, 0.3) is 5.91 Å². The Labute approximate surface area is 135 Å². The number of amides is 1. The summed E-state index contributed by atoms with van der Waals surface area (Å²) in [6.45, 7) is 6.62. The molecule has 6 nitrogen and oxygen atoms in total. The van der Waals surface area contributed by atoms with Gasteiger partial charge < -0.3 is 24.6 Å². The standard InChI is InChI=1S/C15H25NO5S/c1-15(2,3)11(21-7-6-17)8-16-14(18)13-12(20-5)10(19-4)9-22-13/h9,11,17H,6-8H2,1-5H3,(H,16,18). The van der Waals surface area contributed by atoms with Crippen molar-refractivity contribution in [2.45, 2.75) is 26.9 Å². The highest BCUT2D eigenvalue weighted by atomic mass is 32.1. The number of thiophene rings is 1. The largest absolute Gasteiger partial charge is 0.492 e. The van der Waals surface area contributed by atoms with Crippen molar-refractivity contribution in [2.24, 2.45) is 5.41 Å². The van der Waals surface area contributed by atoms with Crippen LogP contribution in [0.15, 0.2) is 5.38 Å². The zero-order valence-corrected chi connectivity index (χ0v) is 14.6. The summed E-state index contributed by atoms with van der Waals surface area (Å²) < 4.78 is 16.0. The fourth-order valence-electron chi connectivity index (χ4n) is 1.90. The van der Waals surface area contributed by atoms with Gasteiger partial charge in [0, 0.05) is 11.9 Å². The van der Waals surface area contributed by atoms with Crippen LogP contribution in [0.4, 0.5) is 0 Å². The third-order valence-corrected chi connectivity index (χ3v) is 4.11. The summed E-state index contributed by atoms with van der Waals surface area (Å²) in [5, 5.41) is 13.5. The van der Waals surface area contributed by atoms with Crippen molar-refractivity contribution < 1.29 is 24.1 Å². The number of hydrogen-bond donors (Lipinski definition) is 2. The molecule has 1 atom stereocenters. The molecule has 1 aromatic rings. The zero-order chi connectivity index (χ0) is 16.8. The minimum Gasteiger partial charge on any atom is -0.492 e. The van der Waals surface area contributed by atoms with E-state index >= 15 is 0 Å². The van der Waals surface area contributed by atoms with Crippen LogP contribution in [0.1, 0.15) is 30.4 Å². The summed E-state index contributed by atoms with van der Waals surface area (Å²) in [6, 6.07) is 0. The van der Waals surface area contributed by atoms with Crippen LogP contribution in [0.3, 0.4) is 0 Å². The van der Waals surface area contributed by atoms with Crippen LogP contribution in [0, 0.1) is 5.41 Å². The van der Waals surface area contributed by atoms with Crippen LogP contribution in [-0.4, -0.2) is 51.1 Å². The molecular formula is C15H25NO5S. The van der Waals surface area contributed by atoms with E-state index in [1.165, 1.54) is 25.6 Å². The number of aliphatic hydroxyl groups is 1. The van der Waals surface area contributed by atoms with Crippen LogP contribution >= 0.6 is 11.3 Å². The second-order valence-electron chi connectivity index (χ2n) is 5.83. The lowest BCUT2D eigenvalue weighted by Crippen LogP contribution is -2.41. The Morgan fingerprint density at radius 3 is 2.55 bits per heavy atom. The smallest absolute Gasteiger partial charge is 0.265 e. The summed E-state index contributed by atoms with van der Waals surface area (Å²) in [4.78, 5) is 12.8. The van der Waals surface area contributed by atoms with Crippen molar-refractivity contribution in [2.75, 3.05) is 34.0 Å². The number of carbonyl (C=O) groups excluding carboxylic acids is 1. The van der Waals surface area contributed by atoms with E-state index in [2.05, 4.69) is 5.32 Å². The van der Waals surface area contributed by atoms with Crippen molar-refractivity contribution in [3.05, 3.63) is 10.3 Å². The SMILES string of the molecule is COc1csc(C(=O)NCC(OCCO)C(C)(C)C)c1OC. The van der Waals surface area contributed by atoms with Gasteiger partial charge in [-0.3, -0.25) is 4.79 Å². The molecule has 1 heterocycles. The van der Waals surface area contributed by atoms with E-state index in [9.17, 15) is 4.79 Å². The molecule has 1 unspecified atom stereocenters. The van der Waals surface area contributed by atoms with E-state index < -0.39 is 0 Å². The summed E-state index contributed by atoms with van der Waals surface area (Å²) >= 11 is 1.27. The first-order chi connectivity index (χ1) is 10.3. The molecule has 126 valence electrons. The molecule has 0 bridgehead atoms. The predicted octanol–water partition coefficient (Wildman–Crippen LogP) is 1.92. The number of carbonyl (C=O) groups is 1. The number of ether oxygens (including phenoxy) is 3. The van der Waals surface area contributed by atoms with E-state index in [1.807, 2.05) is 20.8 Å². The molecule has 0 saturated heterocycles. The Bertz CT molecular complexity index is 481. The van der Waals surface area contributed by atoms with E-state index in [0.29, 0.717) is 22.9 Å². The van der Waals surface area contributed by atoms with Crippen molar-refractivity contribution in [1.29, 1.82) is 0 Å². The first-order valence-corrected chi connectivity index (χ1v) is 7.93. The van der Waals surface area contributed by atoms with E-state index in [-0.39, 0.29) is 30.6 Å². The van der Waals surface area contributed by atoms with Crippen molar-refractivity contribution in [1.82, 2.24) is 5.32 Å². The molecule has 0 fully saturated rings. The number of nitrogens with one attached hydrogen (secondary N) is 1. The Hall–Kier alpha value is -1.31. The highest BCUT2D eigenvalue weighted by molar-refractivity contribution is 7.12. The lowest BCUT2D eigenvalue weighted by molar-refractivity contribution is -0.0291. The molecular weight excluding hydrogens is 306 g/mol. The Morgan fingerprint density at radius 2 is 2.05 bits per heavy atom. The van der Waals surface area contributed by atoms with Gasteiger partial charge in [0.2, 0.25) is 0 Å². The highest BCUT2D eigenvalue weighted by Gasteiger charge is 2.27. The maximum Gasteiger partial charge on any atom is 0.265 e. The first-order valence-electron chi connectivity index (χ1n) is 7.05. The van der Waals surface area contributed by atoms with Gasteiger partial charge >= 0.3 is 0 Å². The fraction of sp³-hybridized carbons (Fsp3) is 0.667. The molecule has 0 radical (unpaired) electrons. The van der Waals surface area contributed by atoms with Gasteiger partial charge in [-0.1, -0.05) is 20.8 Å². The second kappa shape index (κ2) is 8.36. The lowest BCUT2D eigenvalue weighted by atomic mass is 9.89. The highest BCUT2D eigenvalue weighted by Crippen LogP contribution is 2.36. The number of methoxy groups -OCH3 is 2. The number of rotatable bonds is 8. The van der Waals surface area contributed by atoms with Crippen LogP contribution in [0.25, 0.3) is 0 Å². The third kappa shape index (κ3) is 4.86. The monoisotopic (exact) mass is 331 g/mol. The summed E-state index contributed by atoms with van der Waals surface area (Å²) in [5.41, 5.74) is -0.153. The molecule has 0 aliphatic rings. The van der Waals surface area contributed by atoms with Gasteiger partial charge in [-0.2, -0.15) is 0 Å². The van der Waals surface area contributed by atoms with E-state index in [4.69, 9.17) is 19.3 Å². The summed E-state index contributed by atoms with van der Waals surface area (Å²) in [5.74, 6) is 0.752. The fourth-order valence-corrected chi connectivity index (χ4v) is 2.80. The zero-order valence-electron chi connectivity index (χ0n) is 13.8. The Morgan fingerprint density at radius 1 is 1.36 bits per heavy atom. The van der Waals surface area contributed by atoms with Gasteiger partial charge in [-0.25, -0.2) is 0 Å². The Kier molecular flexibility index (Phi) is 7.12. The number of aliphatic hydroxyl groups excluding tert-OH is 1. The van der Waals surface area contributed by atoms with Gasteiger partial charge in [-0.05, 0) is 5.41 Å². The van der Waals surface area contributed by atoms with E-state index in [0.717, 1.165) is 0 Å². The third-order valence-electron chi connectivity index (χ3n) is 3.17. The molecule has 0 spiro atoms. The van der Waals surface area contributed by atoms with Gasteiger partial charge in [-0.15, -0.1) is 11.3 Å².